The molecule has 0 unspecified atom stereocenters. The molecule has 32 heavy (non-hydrogen) atoms. The molecule has 1 aromatic heterocycles. The number of nitrogens with zero attached hydrogens (tertiary/aromatic N) is 2. The Morgan fingerprint density at radius 3 is 2.50 bits per heavy atom. The number of hydrogen-bond donors (Lipinski definition) is 0. The van der Waals surface area contributed by atoms with Crippen LogP contribution in [0, 0.1) is 0 Å². The molecular formula is C27H33IN2S2. The lowest BCUT2D eigenvalue weighted by Gasteiger charge is -2.20. The first-order chi connectivity index (χ1) is 15.3. The fourth-order valence-electron chi connectivity index (χ4n) is 4.07. The topological polar surface area (TPSA) is 7.12 Å². The molecule has 0 atom stereocenters. The number of aryl methyl sites for hydroxylation is 1. The van der Waals surface area contributed by atoms with Crippen LogP contribution < -0.4 is 33.4 Å². The smallest absolute Gasteiger partial charge is 0.262 e. The van der Waals surface area contributed by atoms with Gasteiger partial charge in [0.15, 0.2) is 6.54 Å². The van der Waals surface area contributed by atoms with E-state index in [1.807, 2.05) is 23.1 Å². The molecule has 0 bridgehead atoms. The van der Waals surface area contributed by atoms with Crippen LogP contribution in [0.1, 0.15) is 57.4 Å². The van der Waals surface area contributed by atoms with Gasteiger partial charge >= 0.3 is 0 Å². The highest BCUT2D eigenvalue weighted by Gasteiger charge is 2.24. The second-order valence-corrected chi connectivity index (χ2v) is 10.2. The summed E-state index contributed by atoms with van der Waals surface area (Å²) in [7, 11) is 0. The van der Waals surface area contributed by atoms with Crippen molar-refractivity contribution in [2.24, 2.45) is 0 Å². The van der Waals surface area contributed by atoms with Gasteiger partial charge in [-0.15, -0.1) is 0 Å². The van der Waals surface area contributed by atoms with Crippen molar-refractivity contribution in [1.82, 2.24) is 0 Å². The molecule has 2 nitrogen and oxygen atoms in total. The van der Waals surface area contributed by atoms with E-state index in [-0.39, 0.29) is 24.0 Å². The van der Waals surface area contributed by atoms with E-state index >= 15 is 0 Å². The number of rotatable bonds is 10. The summed E-state index contributed by atoms with van der Waals surface area (Å²) in [6.07, 6.45) is 14.4. The molecule has 0 amide bonds. The van der Waals surface area contributed by atoms with Gasteiger partial charge in [-0.3, -0.25) is 0 Å². The van der Waals surface area contributed by atoms with Gasteiger partial charge in [0.05, 0.1) is 10.7 Å². The molecule has 0 saturated carbocycles. The second kappa shape index (κ2) is 12.8. The molecule has 170 valence electrons. The van der Waals surface area contributed by atoms with Gasteiger partial charge in [-0.25, -0.2) is 0 Å². The highest BCUT2D eigenvalue weighted by atomic mass is 127. The normalized spacial score (nSPS) is 14.4. The maximum atomic E-state index is 2.50. The van der Waals surface area contributed by atoms with Crippen molar-refractivity contribution in [1.29, 1.82) is 0 Å². The Balaban J connectivity index is 0.00000289. The molecule has 0 saturated heterocycles. The van der Waals surface area contributed by atoms with Crippen LogP contribution >= 0.6 is 23.1 Å². The fraction of sp³-hybridized carbons (Fsp3) is 0.370. The lowest BCUT2D eigenvalue weighted by Crippen LogP contribution is -3.00. The van der Waals surface area contributed by atoms with Crippen LogP contribution in [0.5, 0.6) is 0 Å². The zero-order chi connectivity index (χ0) is 21.5. The summed E-state index contributed by atoms with van der Waals surface area (Å²) >= 11 is 3.79. The second-order valence-electron chi connectivity index (χ2n) is 8.06. The maximum Gasteiger partial charge on any atom is 0.262 e. The molecule has 0 fully saturated rings. The van der Waals surface area contributed by atoms with Crippen LogP contribution in [0.4, 0.5) is 5.69 Å². The highest BCUT2D eigenvalue weighted by molar-refractivity contribution is 8.03. The van der Waals surface area contributed by atoms with Gasteiger partial charge in [0, 0.05) is 30.0 Å². The van der Waals surface area contributed by atoms with Crippen molar-refractivity contribution in [2.75, 3.05) is 11.4 Å². The molecule has 1 aliphatic rings. The number of anilines is 1. The van der Waals surface area contributed by atoms with E-state index in [1.54, 1.807) is 0 Å². The number of hydrogen-bond acceptors (Lipinski definition) is 3. The van der Waals surface area contributed by atoms with Gasteiger partial charge in [0.1, 0.15) is 4.70 Å². The van der Waals surface area contributed by atoms with Crippen molar-refractivity contribution in [2.45, 2.75) is 63.8 Å². The van der Waals surface area contributed by atoms with Crippen molar-refractivity contribution >= 4 is 45.1 Å². The maximum absolute atomic E-state index is 2.50. The summed E-state index contributed by atoms with van der Waals surface area (Å²) in [6, 6.07) is 17.6. The van der Waals surface area contributed by atoms with Crippen molar-refractivity contribution in [3.63, 3.8) is 0 Å². The van der Waals surface area contributed by atoms with E-state index in [9.17, 15) is 0 Å². The Morgan fingerprint density at radius 2 is 1.66 bits per heavy atom. The molecular weight excluding hydrogens is 543 g/mol. The van der Waals surface area contributed by atoms with Crippen molar-refractivity contribution < 1.29 is 28.5 Å². The van der Waals surface area contributed by atoms with Crippen LogP contribution in [0.25, 0.3) is 16.3 Å². The van der Waals surface area contributed by atoms with Crippen LogP contribution in [-0.4, -0.2) is 6.54 Å². The van der Waals surface area contributed by atoms with E-state index in [0.29, 0.717) is 0 Å². The fourth-order valence-corrected chi connectivity index (χ4v) is 6.27. The van der Waals surface area contributed by atoms with Crippen LogP contribution in [0.3, 0.4) is 0 Å². The molecule has 0 N–H and O–H groups in total. The number of aromatic nitrogens is 1. The first kappa shape index (κ1) is 25.3. The predicted molar refractivity (Wildman–Crippen MR) is 138 cm³/mol. The number of fused-ring (bicyclic) bond motifs is 2. The average molecular weight is 577 g/mol. The third-order valence-electron chi connectivity index (χ3n) is 5.72. The summed E-state index contributed by atoms with van der Waals surface area (Å²) in [5, 5.41) is 2.68. The molecule has 4 rings (SSSR count). The van der Waals surface area contributed by atoms with Crippen LogP contribution in [0.15, 0.2) is 70.6 Å². The highest BCUT2D eigenvalue weighted by Crippen LogP contribution is 2.45. The SMILES string of the molecule is CCCCCN1C(=CC=Cc2sc3ccccc3[n+]2CCCCC)Sc2ccccc21.[I-]. The predicted octanol–water partition coefficient (Wildman–Crippen LogP) is 5.04. The number of allylic oxidation sites excluding steroid dienone is 2. The Kier molecular flexibility index (Phi) is 10.1. The number of unbranched alkanes of at least 4 members (excludes halogenated alkanes) is 4. The molecule has 0 spiro atoms. The first-order valence-electron chi connectivity index (χ1n) is 11.7. The molecule has 0 aliphatic carbocycles. The van der Waals surface area contributed by atoms with E-state index in [1.165, 1.54) is 69.4 Å². The minimum absolute atomic E-state index is 0. The number of para-hydroxylation sites is 2. The molecule has 1 aliphatic heterocycles. The summed E-state index contributed by atoms with van der Waals surface area (Å²) in [5.74, 6) is 0. The minimum Gasteiger partial charge on any atom is -1.00 e. The number of halogens is 1. The lowest BCUT2D eigenvalue weighted by atomic mass is 10.2. The van der Waals surface area contributed by atoms with Crippen LogP contribution in [-0.2, 0) is 6.54 Å². The third-order valence-corrected chi connectivity index (χ3v) is 7.98. The average Bonchev–Trinajstić information content (AvgIpc) is 3.32. The van der Waals surface area contributed by atoms with Gasteiger partial charge in [0.25, 0.3) is 5.01 Å². The first-order valence-corrected chi connectivity index (χ1v) is 13.3. The van der Waals surface area contributed by atoms with E-state index in [2.05, 4.69) is 90.1 Å². The van der Waals surface area contributed by atoms with Crippen molar-refractivity contribution in [3.05, 3.63) is 70.7 Å². The van der Waals surface area contributed by atoms with Gasteiger partial charge in [-0.1, -0.05) is 86.6 Å². The Labute approximate surface area is 218 Å². The number of benzene rings is 2. The standard InChI is InChI=1S/C27H33N2S2.HI/c1-3-5-11-20-28-22-14-7-9-16-24(22)30-26(28)18-13-19-27-29(21-12-6-4-2)23-15-8-10-17-25(23)31-27;/h7-10,13-19H,3-6,11-12,20-21H2,1-2H3;1H/q+1;/p-1. The number of thioether (sulfide) groups is 1. The lowest BCUT2D eigenvalue weighted by molar-refractivity contribution is -0.669. The molecule has 3 aromatic rings. The van der Waals surface area contributed by atoms with Gasteiger partial charge in [0.2, 0.25) is 5.52 Å². The minimum atomic E-state index is 0. The zero-order valence-corrected chi connectivity index (χ0v) is 22.9. The van der Waals surface area contributed by atoms with Gasteiger partial charge < -0.3 is 28.9 Å². The molecule has 2 aromatic carbocycles. The Morgan fingerprint density at radius 1 is 0.906 bits per heavy atom. The molecule has 5 heteroatoms. The van der Waals surface area contributed by atoms with Crippen LogP contribution in [0.2, 0.25) is 0 Å². The number of thiazole rings is 1. The Hall–Kier alpha value is -1.31. The summed E-state index contributed by atoms with van der Waals surface area (Å²) in [4.78, 5) is 3.87. The quantitative estimate of drug-likeness (QED) is 0.190. The summed E-state index contributed by atoms with van der Waals surface area (Å²) in [6.45, 7) is 6.73. The summed E-state index contributed by atoms with van der Waals surface area (Å²) in [5.41, 5.74) is 2.72. The monoisotopic (exact) mass is 576 g/mol. The Bertz CT molecular complexity index is 1070. The van der Waals surface area contributed by atoms with Gasteiger partial charge in [-0.2, -0.15) is 4.57 Å². The largest absolute Gasteiger partial charge is 1.00 e. The summed E-state index contributed by atoms with van der Waals surface area (Å²) < 4.78 is 3.87. The third kappa shape index (κ3) is 5.97. The van der Waals surface area contributed by atoms with Crippen molar-refractivity contribution in [3.8, 4) is 0 Å². The molecule has 0 radical (unpaired) electrons. The zero-order valence-electron chi connectivity index (χ0n) is 19.1. The molecule has 2 heterocycles. The van der Waals surface area contributed by atoms with E-state index < -0.39 is 0 Å². The van der Waals surface area contributed by atoms with E-state index in [4.69, 9.17) is 0 Å². The van der Waals surface area contributed by atoms with Gasteiger partial charge in [-0.05, 0) is 37.1 Å². The van der Waals surface area contributed by atoms with E-state index in [0.717, 1.165) is 13.1 Å².